The first-order valence-electron chi connectivity index (χ1n) is 6.12. The maximum atomic E-state index is 12.0. The van der Waals surface area contributed by atoms with Gasteiger partial charge in [-0.3, -0.25) is 4.79 Å². The van der Waals surface area contributed by atoms with Gasteiger partial charge < -0.3 is 15.1 Å². The summed E-state index contributed by atoms with van der Waals surface area (Å²) in [5.41, 5.74) is 0.841. The van der Waals surface area contributed by atoms with E-state index in [9.17, 15) is 14.7 Å². The first kappa shape index (κ1) is 14.7. The smallest absolute Gasteiger partial charge is 0.326 e. The molecule has 2 atom stereocenters. The molecular weight excluding hydrogens is 326 g/mol. The molecule has 1 heterocycles. The summed E-state index contributed by atoms with van der Waals surface area (Å²) in [5.74, 6) is -1.50. The van der Waals surface area contributed by atoms with E-state index in [4.69, 9.17) is 5.11 Å². The van der Waals surface area contributed by atoms with Gasteiger partial charge in [0, 0.05) is 23.5 Å². The number of amides is 1. The minimum absolute atomic E-state index is 0.0560. The molecule has 2 N–H and O–H groups in total. The van der Waals surface area contributed by atoms with Gasteiger partial charge in [-0.15, -0.1) is 0 Å². The number of carbonyl (C=O) groups excluding carboxylic acids is 1. The average Bonchev–Trinajstić information content (AvgIpc) is 2.80. The first-order valence-corrected chi connectivity index (χ1v) is 6.92. The highest BCUT2D eigenvalue weighted by Gasteiger charge is 2.37. The van der Waals surface area contributed by atoms with E-state index in [1.807, 2.05) is 24.3 Å². The van der Waals surface area contributed by atoms with E-state index in [0.717, 1.165) is 10.0 Å². The standard InChI is InChI=1S/C14H14BrNO4/c15-10-4-1-9(2-5-10)3-6-13(18)16-8-11(17)7-12(16)14(19)20/h1-6,11-12,17H,7-8H2,(H,19,20)/t11-,12+/m1/s1. The summed E-state index contributed by atoms with van der Waals surface area (Å²) in [5, 5.41) is 18.5. The summed E-state index contributed by atoms with van der Waals surface area (Å²) in [6.45, 7) is 0.0560. The molecule has 106 valence electrons. The van der Waals surface area contributed by atoms with Crippen molar-refractivity contribution in [2.24, 2.45) is 0 Å². The quantitative estimate of drug-likeness (QED) is 0.818. The molecule has 1 aliphatic heterocycles. The zero-order chi connectivity index (χ0) is 14.7. The van der Waals surface area contributed by atoms with E-state index in [1.54, 1.807) is 6.08 Å². The largest absolute Gasteiger partial charge is 0.480 e. The number of nitrogens with zero attached hydrogens (tertiary/aromatic N) is 1. The molecule has 1 aromatic carbocycles. The predicted molar refractivity (Wildman–Crippen MR) is 76.9 cm³/mol. The molecule has 0 spiro atoms. The van der Waals surface area contributed by atoms with Gasteiger partial charge in [0.05, 0.1) is 6.10 Å². The van der Waals surface area contributed by atoms with Crippen molar-refractivity contribution in [2.45, 2.75) is 18.6 Å². The van der Waals surface area contributed by atoms with Gasteiger partial charge in [-0.25, -0.2) is 4.79 Å². The monoisotopic (exact) mass is 339 g/mol. The minimum Gasteiger partial charge on any atom is -0.480 e. The number of aliphatic carboxylic acids is 1. The van der Waals surface area contributed by atoms with Crippen LogP contribution >= 0.6 is 15.9 Å². The Bertz CT molecular complexity index is 541. The summed E-state index contributed by atoms with van der Waals surface area (Å²) < 4.78 is 0.939. The summed E-state index contributed by atoms with van der Waals surface area (Å²) in [4.78, 5) is 24.2. The molecule has 0 unspecified atom stereocenters. The summed E-state index contributed by atoms with van der Waals surface area (Å²) >= 11 is 3.32. The Hall–Kier alpha value is -1.66. The van der Waals surface area contributed by atoms with Gasteiger partial charge in [-0.2, -0.15) is 0 Å². The molecule has 6 heteroatoms. The van der Waals surface area contributed by atoms with Crippen LogP contribution in [0.25, 0.3) is 6.08 Å². The number of rotatable bonds is 3. The van der Waals surface area contributed by atoms with E-state index < -0.39 is 24.0 Å². The third-order valence-electron chi connectivity index (χ3n) is 3.14. The maximum absolute atomic E-state index is 12.0. The van der Waals surface area contributed by atoms with Crippen LogP contribution in [0.1, 0.15) is 12.0 Å². The van der Waals surface area contributed by atoms with Gasteiger partial charge in [-0.1, -0.05) is 28.1 Å². The van der Waals surface area contributed by atoms with Gasteiger partial charge in [0.1, 0.15) is 6.04 Å². The molecule has 1 aliphatic rings. The van der Waals surface area contributed by atoms with Crippen LogP contribution in [-0.4, -0.2) is 45.7 Å². The van der Waals surface area contributed by atoms with Crippen molar-refractivity contribution < 1.29 is 19.8 Å². The molecule has 5 nitrogen and oxygen atoms in total. The van der Waals surface area contributed by atoms with Crippen LogP contribution < -0.4 is 0 Å². The molecule has 0 aromatic heterocycles. The number of halogens is 1. The van der Waals surface area contributed by atoms with E-state index in [1.165, 1.54) is 11.0 Å². The van der Waals surface area contributed by atoms with E-state index >= 15 is 0 Å². The van der Waals surface area contributed by atoms with Crippen LogP contribution in [0.3, 0.4) is 0 Å². The van der Waals surface area contributed by atoms with Crippen molar-refractivity contribution in [3.8, 4) is 0 Å². The van der Waals surface area contributed by atoms with Crippen LogP contribution in [0.5, 0.6) is 0 Å². The fourth-order valence-electron chi connectivity index (χ4n) is 2.13. The average molecular weight is 340 g/mol. The number of carboxylic acids is 1. The van der Waals surface area contributed by atoms with E-state index in [-0.39, 0.29) is 13.0 Å². The lowest BCUT2D eigenvalue weighted by atomic mass is 10.2. The number of hydrogen-bond donors (Lipinski definition) is 2. The topological polar surface area (TPSA) is 77.8 Å². The molecule has 1 amide bonds. The third kappa shape index (κ3) is 3.46. The number of hydrogen-bond acceptors (Lipinski definition) is 3. The fourth-order valence-corrected chi connectivity index (χ4v) is 2.39. The van der Waals surface area contributed by atoms with Crippen molar-refractivity contribution in [1.29, 1.82) is 0 Å². The lowest BCUT2D eigenvalue weighted by Gasteiger charge is -2.19. The van der Waals surface area contributed by atoms with Crippen LogP contribution in [0, 0.1) is 0 Å². The number of benzene rings is 1. The lowest BCUT2D eigenvalue weighted by molar-refractivity contribution is -0.146. The maximum Gasteiger partial charge on any atom is 0.326 e. The Morgan fingerprint density at radius 2 is 1.95 bits per heavy atom. The summed E-state index contributed by atoms with van der Waals surface area (Å²) in [6.07, 6.45) is 2.25. The number of carboxylic acid groups (broad SMARTS) is 1. The van der Waals surface area contributed by atoms with Gasteiger partial charge in [0.15, 0.2) is 0 Å². The molecule has 2 rings (SSSR count). The van der Waals surface area contributed by atoms with Crippen molar-refractivity contribution in [2.75, 3.05) is 6.54 Å². The van der Waals surface area contributed by atoms with Crippen LogP contribution in [0.15, 0.2) is 34.8 Å². The fraction of sp³-hybridized carbons (Fsp3) is 0.286. The second-order valence-electron chi connectivity index (χ2n) is 4.62. The highest BCUT2D eigenvalue weighted by molar-refractivity contribution is 9.10. The highest BCUT2D eigenvalue weighted by atomic mass is 79.9. The molecule has 0 bridgehead atoms. The van der Waals surface area contributed by atoms with Gasteiger partial charge in [0.25, 0.3) is 0 Å². The lowest BCUT2D eigenvalue weighted by Crippen LogP contribution is -2.39. The number of carbonyl (C=O) groups is 2. The molecule has 0 radical (unpaired) electrons. The number of aliphatic hydroxyl groups is 1. The summed E-state index contributed by atoms with van der Waals surface area (Å²) in [7, 11) is 0. The SMILES string of the molecule is O=C(O)[C@@H]1C[C@@H](O)CN1C(=O)C=Cc1ccc(Br)cc1. The van der Waals surface area contributed by atoms with Crippen molar-refractivity contribution in [1.82, 2.24) is 4.90 Å². The Labute approximate surface area is 124 Å². The molecule has 0 saturated carbocycles. The normalized spacial score (nSPS) is 22.4. The molecule has 1 saturated heterocycles. The van der Waals surface area contributed by atoms with E-state index in [0.29, 0.717) is 0 Å². The van der Waals surface area contributed by atoms with Gasteiger partial charge in [-0.05, 0) is 23.8 Å². The number of likely N-dealkylation sites (tertiary alicyclic amines) is 1. The first-order chi connectivity index (χ1) is 9.47. The van der Waals surface area contributed by atoms with Crippen LogP contribution in [0.4, 0.5) is 0 Å². The van der Waals surface area contributed by atoms with Gasteiger partial charge >= 0.3 is 5.97 Å². The molecule has 1 aromatic rings. The molecule has 1 fully saturated rings. The van der Waals surface area contributed by atoms with Gasteiger partial charge in [0.2, 0.25) is 5.91 Å². The zero-order valence-corrected chi connectivity index (χ0v) is 12.2. The Kier molecular flexibility index (Phi) is 4.57. The molecule has 20 heavy (non-hydrogen) atoms. The van der Waals surface area contributed by atoms with Crippen LogP contribution in [0.2, 0.25) is 0 Å². The second-order valence-corrected chi connectivity index (χ2v) is 5.53. The Morgan fingerprint density at radius 3 is 2.55 bits per heavy atom. The zero-order valence-electron chi connectivity index (χ0n) is 10.6. The second kappa shape index (κ2) is 6.19. The van der Waals surface area contributed by atoms with E-state index in [2.05, 4.69) is 15.9 Å². The molecular formula is C14H14BrNO4. The minimum atomic E-state index is -1.09. The Morgan fingerprint density at radius 1 is 1.30 bits per heavy atom. The van der Waals surface area contributed by atoms with Crippen LogP contribution in [-0.2, 0) is 9.59 Å². The molecule has 0 aliphatic carbocycles. The number of β-amino-alcohol motifs (C(OH)–C–C–N with tert-alkyl or cyclic N) is 1. The number of aliphatic hydroxyl groups excluding tert-OH is 1. The third-order valence-corrected chi connectivity index (χ3v) is 3.66. The Balaban J connectivity index is 2.07. The van der Waals surface area contributed by atoms with Crippen molar-refractivity contribution in [3.63, 3.8) is 0 Å². The predicted octanol–water partition coefficient (Wildman–Crippen LogP) is 1.51. The summed E-state index contributed by atoms with van der Waals surface area (Å²) in [6, 6.07) is 6.42. The van der Waals surface area contributed by atoms with Crippen molar-refractivity contribution >= 4 is 33.9 Å². The van der Waals surface area contributed by atoms with Crippen molar-refractivity contribution in [3.05, 3.63) is 40.4 Å². The highest BCUT2D eigenvalue weighted by Crippen LogP contribution is 2.19.